The minimum Gasteiger partial charge on any atom is -0.497 e. The van der Waals surface area contributed by atoms with Crippen molar-refractivity contribution >= 4 is 11.6 Å². The first-order valence-corrected chi connectivity index (χ1v) is 8.78. The molecule has 0 fully saturated rings. The summed E-state index contributed by atoms with van der Waals surface area (Å²) in [5.74, 6) is 0.460. The molecule has 0 saturated heterocycles. The molecule has 7 heteroatoms. The fraction of sp³-hybridized carbons (Fsp3) is 0.0455. The van der Waals surface area contributed by atoms with E-state index in [2.05, 4.69) is 15.5 Å². The summed E-state index contributed by atoms with van der Waals surface area (Å²) in [6.45, 7) is 0. The molecule has 1 aromatic heterocycles. The molecular weight excluding hydrogens is 373 g/mol. The highest BCUT2D eigenvalue weighted by atomic mass is 19.1. The van der Waals surface area contributed by atoms with Crippen molar-refractivity contribution in [1.82, 2.24) is 10.1 Å². The summed E-state index contributed by atoms with van der Waals surface area (Å²) in [7, 11) is 1.60. The molecule has 29 heavy (non-hydrogen) atoms. The summed E-state index contributed by atoms with van der Waals surface area (Å²) >= 11 is 0. The van der Waals surface area contributed by atoms with Gasteiger partial charge >= 0.3 is 0 Å². The van der Waals surface area contributed by atoms with Crippen LogP contribution in [0.5, 0.6) is 5.75 Å². The number of methoxy groups -OCH3 is 1. The van der Waals surface area contributed by atoms with Gasteiger partial charge in [-0.05, 0) is 60.7 Å². The molecule has 4 aromatic rings. The zero-order valence-electron chi connectivity index (χ0n) is 15.4. The number of rotatable bonds is 5. The smallest absolute Gasteiger partial charge is 0.258 e. The molecule has 4 rings (SSSR count). The number of aromatic nitrogens is 2. The van der Waals surface area contributed by atoms with Gasteiger partial charge in [0, 0.05) is 16.8 Å². The molecule has 0 spiro atoms. The third kappa shape index (κ3) is 3.98. The summed E-state index contributed by atoms with van der Waals surface area (Å²) < 4.78 is 24.2. The largest absolute Gasteiger partial charge is 0.497 e. The molecule has 0 bridgehead atoms. The number of nitrogens with one attached hydrogen (secondary N) is 1. The number of ether oxygens (including phenoxy) is 1. The van der Waals surface area contributed by atoms with Crippen LogP contribution >= 0.6 is 0 Å². The standard InChI is InChI=1S/C22H16FN3O3/c1-28-17-12-8-14(9-13-17)20-25-22(29-26-20)15-6-10-16(11-7-15)24-21(27)18-4-2-3-5-19(18)23/h2-13H,1H3,(H,24,27). The average molecular weight is 389 g/mol. The van der Waals surface area contributed by atoms with Crippen molar-refractivity contribution in [2.24, 2.45) is 0 Å². The van der Waals surface area contributed by atoms with Crippen LogP contribution in [0, 0.1) is 5.82 Å². The molecule has 0 aliphatic heterocycles. The Morgan fingerprint density at radius 2 is 1.66 bits per heavy atom. The monoisotopic (exact) mass is 389 g/mol. The first kappa shape index (κ1) is 18.4. The Kier molecular flexibility index (Phi) is 5.03. The summed E-state index contributed by atoms with van der Waals surface area (Å²) in [6, 6.07) is 20.0. The normalized spacial score (nSPS) is 10.6. The molecule has 1 amide bonds. The maximum Gasteiger partial charge on any atom is 0.258 e. The van der Waals surface area contributed by atoms with Crippen LogP contribution in [-0.4, -0.2) is 23.2 Å². The lowest BCUT2D eigenvalue weighted by atomic mass is 10.1. The van der Waals surface area contributed by atoms with Gasteiger partial charge < -0.3 is 14.6 Å². The number of carbonyl (C=O) groups is 1. The number of hydrogen-bond donors (Lipinski definition) is 1. The molecule has 3 aromatic carbocycles. The van der Waals surface area contributed by atoms with E-state index in [4.69, 9.17) is 9.26 Å². The van der Waals surface area contributed by atoms with E-state index in [9.17, 15) is 9.18 Å². The van der Waals surface area contributed by atoms with Gasteiger partial charge in [0.15, 0.2) is 0 Å². The van der Waals surface area contributed by atoms with Crippen LogP contribution in [0.4, 0.5) is 10.1 Å². The lowest BCUT2D eigenvalue weighted by Crippen LogP contribution is -2.13. The van der Waals surface area contributed by atoms with E-state index in [1.54, 1.807) is 37.4 Å². The van der Waals surface area contributed by atoms with Gasteiger partial charge in [0.25, 0.3) is 11.8 Å². The molecule has 0 aliphatic carbocycles. The van der Waals surface area contributed by atoms with Crippen LogP contribution in [-0.2, 0) is 0 Å². The van der Waals surface area contributed by atoms with Gasteiger partial charge in [-0.15, -0.1) is 0 Å². The van der Waals surface area contributed by atoms with E-state index in [1.165, 1.54) is 18.2 Å². The summed E-state index contributed by atoms with van der Waals surface area (Å²) in [5, 5.41) is 6.66. The van der Waals surface area contributed by atoms with E-state index >= 15 is 0 Å². The molecule has 1 N–H and O–H groups in total. The maximum absolute atomic E-state index is 13.7. The van der Waals surface area contributed by atoms with Gasteiger partial charge in [0.1, 0.15) is 11.6 Å². The van der Waals surface area contributed by atoms with Gasteiger partial charge in [-0.25, -0.2) is 4.39 Å². The van der Waals surface area contributed by atoms with Crippen molar-refractivity contribution in [3.05, 3.63) is 84.2 Å². The second kappa shape index (κ2) is 7.93. The molecule has 0 aliphatic rings. The highest BCUT2D eigenvalue weighted by Crippen LogP contribution is 2.25. The summed E-state index contributed by atoms with van der Waals surface area (Å²) in [5.41, 5.74) is 2.00. The number of carbonyl (C=O) groups excluding carboxylic acids is 1. The number of hydrogen-bond acceptors (Lipinski definition) is 5. The first-order valence-electron chi connectivity index (χ1n) is 8.78. The van der Waals surface area contributed by atoms with Crippen LogP contribution in [0.25, 0.3) is 22.8 Å². The number of nitrogens with zero attached hydrogens (tertiary/aromatic N) is 2. The predicted octanol–water partition coefficient (Wildman–Crippen LogP) is 4.80. The predicted molar refractivity (Wildman–Crippen MR) is 106 cm³/mol. The molecule has 144 valence electrons. The SMILES string of the molecule is COc1ccc(-c2noc(-c3ccc(NC(=O)c4ccccc4F)cc3)n2)cc1. The first-order chi connectivity index (χ1) is 14.1. The van der Waals surface area contributed by atoms with Crippen molar-refractivity contribution in [2.75, 3.05) is 12.4 Å². The molecular formula is C22H16FN3O3. The Bertz CT molecular complexity index is 1140. The van der Waals surface area contributed by atoms with Crippen LogP contribution in [0.15, 0.2) is 77.3 Å². The summed E-state index contributed by atoms with van der Waals surface area (Å²) in [4.78, 5) is 16.6. The number of amides is 1. The van der Waals surface area contributed by atoms with Gasteiger partial charge in [-0.2, -0.15) is 4.98 Å². The van der Waals surface area contributed by atoms with Crippen LogP contribution < -0.4 is 10.1 Å². The molecule has 0 radical (unpaired) electrons. The molecule has 0 unspecified atom stereocenters. The minimum absolute atomic E-state index is 0.0161. The van der Waals surface area contributed by atoms with Crippen LogP contribution in [0.3, 0.4) is 0 Å². The second-order valence-electron chi connectivity index (χ2n) is 6.16. The number of anilines is 1. The van der Waals surface area contributed by atoms with E-state index < -0.39 is 11.7 Å². The average Bonchev–Trinajstić information content (AvgIpc) is 3.25. The molecule has 1 heterocycles. The van der Waals surface area contributed by atoms with Crippen LogP contribution in [0.1, 0.15) is 10.4 Å². The minimum atomic E-state index is -0.571. The highest BCUT2D eigenvalue weighted by Gasteiger charge is 2.13. The topological polar surface area (TPSA) is 77.3 Å². The van der Waals surface area contributed by atoms with Crippen molar-refractivity contribution in [3.8, 4) is 28.6 Å². The van der Waals surface area contributed by atoms with E-state index in [1.807, 2.05) is 24.3 Å². The summed E-state index contributed by atoms with van der Waals surface area (Å²) in [6.07, 6.45) is 0. The maximum atomic E-state index is 13.7. The van der Waals surface area contributed by atoms with E-state index in [0.717, 1.165) is 11.3 Å². The van der Waals surface area contributed by atoms with Gasteiger partial charge in [0.05, 0.1) is 12.7 Å². The van der Waals surface area contributed by atoms with Crippen molar-refractivity contribution in [2.45, 2.75) is 0 Å². The van der Waals surface area contributed by atoms with Crippen molar-refractivity contribution in [3.63, 3.8) is 0 Å². The van der Waals surface area contributed by atoms with Gasteiger partial charge in [0.2, 0.25) is 5.82 Å². The van der Waals surface area contributed by atoms with Crippen LogP contribution in [0.2, 0.25) is 0 Å². The third-order valence-corrected chi connectivity index (χ3v) is 4.28. The quantitative estimate of drug-likeness (QED) is 0.530. The molecule has 0 atom stereocenters. The lowest BCUT2D eigenvalue weighted by molar-refractivity contribution is 0.102. The zero-order valence-corrected chi connectivity index (χ0v) is 15.4. The Hall–Kier alpha value is -4.00. The van der Waals surface area contributed by atoms with Gasteiger partial charge in [-0.3, -0.25) is 4.79 Å². The molecule has 6 nitrogen and oxygen atoms in total. The van der Waals surface area contributed by atoms with Crippen molar-refractivity contribution in [1.29, 1.82) is 0 Å². The third-order valence-electron chi connectivity index (χ3n) is 4.28. The fourth-order valence-corrected chi connectivity index (χ4v) is 2.74. The number of benzene rings is 3. The Morgan fingerprint density at radius 3 is 2.34 bits per heavy atom. The Balaban J connectivity index is 1.49. The Labute approximate surface area is 166 Å². The van der Waals surface area contributed by atoms with Gasteiger partial charge in [-0.1, -0.05) is 17.3 Å². The van der Waals surface area contributed by atoms with E-state index in [0.29, 0.717) is 23.0 Å². The Morgan fingerprint density at radius 1 is 0.966 bits per heavy atom. The number of halogens is 1. The lowest BCUT2D eigenvalue weighted by Gasteiger charge is -2.06. The molecule has 0 saturated carbocycles. The van der Waals surface area contributed by atoms with Crippen molar-refractivity contribution < 1.29 is 18.4 Å². The second-order valence-corrected chi connectivity index (χ2v) is 6.16. The fourth-order valence-electron chi connectivity index (χ4n) is 2.74. The highest BCUT2D eigenvalue weighted by molar-refractivity contribution is 6.04. The van der Waals surface area contributed by atoms with E-state index in [-0.39, 0.29) is 5.56 Å². The zero-order chi connectivity index (χ0) is 20.2.